The normalized spacial score (nSPS) is 20.4. The van der Waals surface area contributed by atoms with E-state index in [1.165, 1.54) is 0 Å². The van der Waals surface area contributed by atoms with Crippen LogP contribution in [0.15, 0.2) is 34.2 Å². The third-order valence-electron chi connectivity index (χ3n) is 5.70. The summed E-state index contributed by atoms with van der Waals surface area (Å²) in [6, 6.07) is 7.39. The van der Waals surface area contributed by atoms with Crippen LogP contribution in [0.1, 0.15) is 30.8 Å². The van der Waals surface area contributed by atoms with Crippen molar-refractivity contribution in [2.45, 2.75) is 42.8 Å². The summed E-state index contributed by atoms with van der Waals surface area (Å²) < 4.78 is 13.5. The van der Waals surface area contributed by atoms with Crippen LogP contribution in [0, 0.1) is 0 Å². The predicted octanol–water partition coefficient (Wildman–Crippen LogP) is 2.38. The second-order valence-electron chi connectivity index (χ2n) is 7.86. The van der Waals surface area contributed by atoms with Gasteiger partial charge in [0.05, 0.1) is 42.0 Å². The highest BCUT2D eigenvalue weighted by Gasteiger charge is 2.26. The fraction of sp³-hybridized carbons (Fsp3) is 0.524. The molecule has 2 unspecified atom stereocenters. The summed E-state index contributed by atoms with van der Waals surface area (Å²) in [6.07, 6.45) is 2.30. The molecule has 164 valence electrons. The van der Waals surface area contributed by atoms with E-state index in [1.807, 2.05) is 25.1 Å². The third-order valence-corrected chi connectivity index (χ3v) is 6.79. The molecule has 5 rings (SSSR count). The number of aromatic nitrogens is 5. The van der Waals surface area contributed by atoms with Crippen molar-refractivity contribution in [3.05, 3.63) is 40.4 Å². The van der Waals surface area contributed by atoms with Crippen molar-refractivity contribution in [3.63, 3.8) is 0 Å². The minimum Gasteiger partial charge on any atom is -0.378 e. The molecule has 31 heavy (non-hydrogen) atoms. The summed E-state index contributed by atoms with van der Waals surface area (Å²) in [7, 11) is 0. The largest absolute Gasteiger partial charge is 0.378 e. The number of para-hydroxylation sites is 1. The molecule has 4 heterocycles. The highest BCUT2D eigenvalue weighted by Crippen LogP contribution is 2.34. The summed E-state index contributed by atoms with van der Waals surface area (Å²) in [6.45, 7) is 6.52. The Bertz CT molecular complexity index is 1100. The van der Waals surface area contributed by atoms with Gasteiger partial charge in [0, 0.05) is 19.7 Å². The average Bonchev–Trinajstić information content (AvgIpc) is 3.45. The molecule has 0 aliphatic carbocycles. The first kappa shape index (κ1) is 20.5. The van der Waals surface area contributed by atoms with Crippen LogP contribution in [0.25, 0.3) is 10.9 Å². The van der Waals surface area contributed by atoms with Crippen LogP contribution in [-0.2, 0) is 16.0 Å². The molecule has 0 saturated carbocycles. The Morgan fingerprint density at radius 3 is 2.87 bits per heavy atom. The molecule has 2 aliphatic rings. The Hall–Kier alpha value is -2.43. The molecule has 1 aromatic carbocycles. The van der Waals surface area contributed by atoms with Crippen molar-refractivity contribution in [1.29, 1.82) is 0 Å². The van der Waals surface area contributed by atoms with Gasteiger partial charge in [0.15, 0.2) is 5.16 Å². The number of anilines is 1. The van der Waals surface area contributed by atoms with E-state index in [2.05, 4.69) is 29.6 Å². The number of nitrogens with one attached hydrogen (secondary N) is 1. The number of ether oxygens (including phenoxy) is 2. The molecular weight excluding hydrogens is 416 g/mol. The molecule has 9 nitrogen and oxygen atoms in total. The zero-order valence-electron chi connectivity index (χ0n) is 17.5. The Kier molecular flexibility index (Phi) is 5.93. The van der Waals surface area contributed by atoms with Gasteiger partial charge in [-0.25, -0.2) is 4.98 Å². The van der Waals surface area contributed by atoms with E-state index in [0.29, 0.717) is 29.9 Å². The monoisotopic (exact) mass is 442 g/mol. The van der Waals surface area contributed by atoms with Crippen molar-refractivity contribution in [2.75, 3.05) is 37.8 Å². The van der Waals surface area contributed by atoms with Crippen LogP contribution < -0.4 is 10.5 Å². The zero-order valence-corrected chi connectivity index (χ0v) is 18.3. The lowest BCUT2D eigenvalue weighted by atomic mass is 10.2. The molecular formula is C21H26N6O3S. The van der Waals surface area contributed by atoms with Crippen LogP contribution in [0.5, 0.6) is 0 Å². The summed E-state index contributed by atoms with van der Waals surface area (Å²) in [5.41, 5.74) is 0.575. The number of morpholine rings is 1. The van der Waals surface area contributed by atoms with Crippen LogP contribution in [0.2, 0.25) is 0 Å². The van der Waals surface area contributed by atoms with Crippen LogP contribution in [0.4, 0.5) is 5.95 Å². The second kappa shape index (κ2) is 8.97. The summed E-state index contributed by atoms with van der Waals surface area (Å²) in [4.78, 5) is 22.3. The van der Waals surface area contributed by atoms with E-state index in [1.54, 1.807) is 17.8 Å². The number of thioether (sulfide) groups is 1. The van der Waals surface area contributed by atoms with Crippen molar-refractivity contribution >= 4 is 28.6 Å². The first-order valence-corrected chi connectivity index (χ1v) is 11.6. The minimum atomic E-state index is -0.122. The molecule has 0 spiro atoms. The fourth-order valence-electron chi connectivity index (χ4n) is 4.03. The van der Waals surface area contributed by atoms with E-state index < -0.39 is 0 Å². The highest BCUT2D eigenvalue weighted by molar-refractivity contribution is 7.99. The molecule has 2 atom stereocenters. The van der Waals surface area contributed by atoms with Gasteiger partial charge in [-0.1, -0.05) is 23.9 Å². The van der Waals surface area contributed by atoms with Crippen LogP contribution in [0.3, 0.4) is 0 Å². The minimum absolute atomic E-state index is 0.0951. The molecule has 2 saturated heterocycles. The van der Waals surface area contributed by atoms with Gasteiger partial charge in [-0.3, -0.25) is 9.36 Å². The van der Waals surface area contributed by atoms with Gasteiger partial charge in [0.1, 0.15) is 5.82 Å². The van der Waals surface area contributed by atoms with E-state index >= 15 is 0 Å². The van der Waals surface area contributed by atoms with Crippen molar-refractivity contribution in [3.8, 4) is 0 Å². The molecule has 2 aromatic heterocycles. The predicted molar refractivity (Wildman–Crippen MR) is 119 cm³/mol. The Balaban J connectivity index is 1.43. The van der Waals surface area contributed by atoms with Gasteiger partial charge in [-0.15, -0.1) is 10.2 Å². The average molecular weight is 443 g/mol. The summed E-state index contributed by atoms with van der Waals surface area (Å²) in [5.74, 6) is 1.49. The smallest absolute Gasteiger partial charge is 0.258 e. The van der Waals surface area contributed by atoms with Gasteiger partial charge >= 0.3 is 0 Å². The SMILES string of the molecule is CC(Sc1nnc(N2CCOCC2)n1CC1CCCO1)c1nc2ccccc2c(=O)[nH]1. The first-order valence-electron chi connectivity index (χ1n) is 10.7. The number of H-pyrrole nitrogens is 1. The number of benzene rings is 1. The van der Waals surface area contributed by atoms with Crippen molar-refractivity contribution in [1.82, 2.24) is 24.7 Å². The van der Waals surface area contributed by atoms with Crippen molar-refractivity contribution in [2.24, 2.45) is 0 Å². The molecule has 2 aliphatic heterocycles. The van der Waals surface area contributed by atoms with Gasteiger partial charge in [-0.05, 0) is 31.9 Å². The van der Waals surface area contributed by atoms with Gasteiger partial charge in [0.25, 0.3) is 5.56 Å². The van der Waals surface area contributed by atoms with Crippen molar-refractivity contribution < 1.29 is 9.47 Å². The van der Waals surface area contributed by atoms with Crippen LogP contribution >= 0.6 is 11.8 Å². The lowest BCUT2D eigenvalue weighted by Gasteiger charge is -2.28. The lowest BCUT2D eigenvalue weighted by Crippen LogP contribution is -2.38. The molecule has 2 fully saturated rings. The quantitative estimate of drug-likeness (QED) is 0.581. The topological polar surface area (TPSA) is 98.2 Å². The van der Waals surface area contributed by atoms with E-state index in [4.69, 9.17) is 9.47 Å². The number of nitrogens with zero attached hydrogens (tertiary/aromatic N) is 5. The number of rotatable bonds is 6. The summed E-state index contributed by atoms with van der Waals surface area (Å²) in [5, 5.41) is 10.3. The zero-order chi connectivity index (χ0) is 21.2. The van der Waals surface area contributed by atoms with E-state index in [0.717, 1.165) is 50.2 Å². The molecule has 0 radical (unpaired) electrons. The lowest BCUT2D eigenvalue weighted by molar-refractivity contribution is 0.0942. The standard InChI is InChI=1S/C21H26N6O3S/c1-14(18-22-17-7-3-2-6-16(17)19(28)23-18)31-21-25-24-20(26-8-11-29-12-9-26)27(21)13-15-5-4-10-30-15/h2-3,6-7,14-15H,4-5,8-13H2,1H3,(H,22,23,28). The molecule has 0 amide bonds. The number of fused-ring (bicyclic) bond motifs is 1. The number of hydrogen-bond donors (Lipinski definition) is 1. The molecule has 10 heteroatoms. The molecule has 0 bridgehead atoms. The Labute approximate surface area is 184 Å². The van der Waals surface area contributed by atoms with Gasteiger partial charge < -0.3 is 19.4 Å². The van der Waals surface area contributed by atoms with Gasteiger partial charge in [0.2, 0.25) is 5.95 Å². The molecule has 1 N–H and O–H groups in total. The molecule has 3 aromatic rings. The van der Waals surface area contributed by atoms with Gasteiger partial charge in [-0.2, -0.15) is 0 Å². The van der Waals surface area contributed by atoms with E-state index in [9.17, 15) is 4.79 Å². The van der Waals surface area contributed by atoms with Crippen LogP contribution in [-0.4, -0.2) is 63.7 Å². The fourth-order valence-corrected chi connectivity index (χ4v) is 4.94. The Morgan fingerprint density at radius 1 is 1.23 bits per heavy atom. The maximum atomic E-state index is 12.5. The van der Waals surface area contributed by atoms with E-state index in [-0.39, 0.29) is 16.9 Å². The first-order chi connectivity index (χ1) is 15.2. The number of aromatic amines is 1. The Morgan fingerprint density at radius 2 is 2.06 bits per heavy atom. The third kappa shape index (κ3) is 4.32. The second-order valence-corrected chi connectivity index (χ2v) is 9.16. The highest BCUT2D eigenvalue weighted by atomic mass is 32.2. The number of hydrogen-bond acceptors (Lipinski definition) is 8. The summed E-state index contributed by atoms with van der Waals surface area (Å²) >= 11 is 1.55. The maximum absolute atomic E-state index is 12.5. The maximum Gasteiger partial charge on any atom is 0.258 e.